The molecule has 0 saturated heterocycles. The number of anilines is 1. The number of carboxylic acid groups (broad SMARTS) is 1. The van der Waals surface area contributed by atoms with E-state index in [1.165, 1.54) is 6.07 Å². The lowest BCUT2D eigenvalue weighted by atomic mass is 10.1. The number of carbonyl (C=O) groups is 2. The molecule has 2 N–H and O–H groups in total. The Kier molecular flexibility index (Phi) is 3.85. The summed E-state index contributed by atoms with van der Waals surface area (Å²) in [7, 11) is 0. The van der Waals surface area contributed by atoms with E-state index in [1.54, 1.807) is 19.1 Å². The van der Waals surface area contributed by atoms with Crippen molar-refractivity contribution in [2.75, 3.05) is 11.9 Å². The molecule has 2 rings (SSSR count). The van der Waals surface area contributed by atoms with E-state index in [0.29, 0.717) is 17.9 Å². The van der Waals surface area contributed by atoms with E-state index in [9.17, 15) is 9.59 Å². The first-order chi connectivity index (χ1) is 9.02. The van der Waals surface area contributed by atoms with Gasteiger partial charge in [0.1, 0.15) is 0 Å². The molecular weight excluding hydrogens is 246 g/mol. The smallest absolute Gasteiger partial charge is 0.336 e. The van der Waals surface area contributed by atoms with Crippen LogP contribution in [0, 0.1) is 12.8 Å². The van der Waals surface area contributed by atoms with Crippen molar-refractivity contribution in [3.8, 4) is 0 Å². The van der Waals surface area contributed by atoms with E-state index in [2.05, 4.69) is 5.32 Å². The minimum absolute atomic E-state index is 0.00870. The third-order valence-corrected chi connectivity index (χ3v) is 3.18. The zero-order valence-corrected chi connectivity index (χ0v) is 11.0. The maximum atomic E-state index is 11.9. The topological polar surface area (TPSA) is 75.6 Å². The van der Waals surface area contributed by atoms with E-state index in [1.807, 2.05) is 6.92 Å². The molecule has 1 aromatic rings. The van der Waals surface area contributed by atoms with Crippen molar-refractivity contribution in [3.05, 3.63) is 29.3 Å². The molecule has 1 saturated carbocycles. The molecule has 19 heavy (non-hydrogen) atoms. The van der Waals surface area contributed by atoms with Crippen molar-refractivity contribution in [1.29, 1.82) is 0 Å². The summed E-state index contributed by atoms with van der Waals surface area (Å²) < 4.78 is 5.35. The first kappa shape index (κ1) is 13.5. The number of amides is 1. The summed E-state index contributed by atoms with van der Waals surface area (Å²) in [6.45, 7) is 4.22. The van der Waals surface area contributed by atoms with Crippen molar-refractivity contribution in [2.24, 2.45) is 5.92 Å². The monoisotopic (exact) mass is 263 g/mol. The fraction of sp³-hybridized carbons (Fsp3) is 0.429. The van der Waals surface area contributed by atoms with Gasteiger partial charge in [-0.05, 0) is 38.0 Å². The average molecular weight is 263 g/mol. The van der Waals surface area contributed by atoms with E-state index >= 15 is 0 Å². The fourth-order valence-electron chi connectivity index (χ4n) is 2.01. The summed E-state index contributed by atoms with van der Waals surface area (Å²) in [6, 6.07) is 4.87. The summed E-state index contributed by atoms with van der Waals surface area (Å²) >= 11 is 0. The normalized spacial score (nSPS) is 20.9. The number of hydrogen-bond donors (Lipinski definition) is 2. The molecule has 0 spiro atoms. The maximum absolute atomic E-state index is 11.9. The summed E-state index contributed by atoms with van der Waals surface area (Å²) in [6.07, 6.45) is 0.742. The minimum atomic E-state index is -0.993. The highest BCUT2D eigenvalue weighted by atomic mass is 16.5. The lowest BCUT2D eigenvalue weighted by molar-refractivity contribution is -0.118. The Morgan fingerprint density at radius 1 is 1.47 bits per heavy atom. The van der Waals surface area contributed by atoms with Crippen molar-refractivity contribution in [1.82, 2.24) is 0 Å². The maximum Gasteiger partial charge on any atom is 0.336 e. The van der Waals surface area contributed by atoms with Crippen LogP contribution in [0.4, 0.5) is 5.69 Å². The van der Waals surface area contributed by atoms with Crippen LogP contribution in [0.5, 0.6) is 0 Å². The van der Waals surface area contributed by atoms with Crippen LogP contribution in [0.2, 0.25) is 0 Å². The van der Waals surface area contributed by atoms with Crippen LogP contribution in [0.25, 0.3) is 0 Å². The quantitative estimate of drug-likeness (QED) is 0.852. The van der Waals surface area contributed by atoms with Crippen LogP contribution < -0.4 is 5.32 Å². The molecule has 1 amide bonds. The third-order valence-electron chi connectivity index (χ3n) is 3.18. The number of aryl methyl sites for hydroxylation is 1. The van der Waals surface area contributed by atoms with Crippen LogP contribution in [-0.4, -0.2) is 29.7 Å². The van der Waals surface area contributed by atoms with Gasteiger partial charge in [0, 0.05) is 12.3 Å². The van der Waals surface area contributed by atoms with Gasteiger partial charge in [-0.1, -0.05) is 6.07 Å². The number of carboxylic acids is 1. The van der Waals surface area contributed by atoms with E-state index < -0.39 is 5.97 Å². The molecule has 2 atom stereocenters. The Hall–Kier alpha value is -1.88. The van der Waals surface area contributed by atoms with Gasteiger partial charge in [0.15, 0.2) is 0 Å². The van der Waals surface area contributed by atoms with E-state index in [-0.39, 0.29) is 23.5 Å². The van der Waals surface area contributed by atoms with E-state index in [0.717, 1.165) is 6.42 Å². The molecule has 0 aromatic heterocycles. The van der Waals surface area contributed by atoms with Gasteiger partial charge in [-0.15, -0.1) is 0 Å². The van der Waals surface area contributed by atoms with Gasteiger partial charge in [-0.25, -0.2) is 4.79 Å². The van der Waals surface area contributed by atoms with Crippen molar-refractivity contribution in [2.45, 2.75) is 26.4 Å². The molecule has 0 radical (unpaired) electrons. The Balaban J connectivity index is 2.02. The second-order valence-corrected chi connectivity index (χ2v) is 4.66. The van der Waals surface area contributed by atoms with Crippen molar-refractivity contribution >= 4 is 17.6 Å². The lowest BCUT2D eigenvalue weighted by Crippen LogP contribution is -2.17. The Labute approximate surface area is 111 Å². The number of ether oxygens (including phenoxy) is 1. The zero-order chi connectivity index (χ0) is 14.0. The predicted octanol–water partition coefficient (Wildman–Crippen LogP) is 2.06. The zero-order valence-electron chi connectivity index (χ0n) is 11.0. The molecule has 0 bridgehead atoms. The third kappa shape index (κ3) is 3.12. The Morgan fingerprint density at radius 3 is 2.84 bits per heavy atom. The summed E-state index contributed by atoms with van der Waals surface area (Å²) in [5, 5.41) is 11.8. The van der Waals surface area contributed by atoms with Crippen LogP contribution >= 0.6 is 0 Å². The number of nitrogens with one attached hydrogen (secondary N) is 1. The molecule has 1 aliphatic carbocycles. The molecular formula is C14H17NO4. The highest BCUT2D eigenvalue weighted by Crippen LogP contribution is 2.34. The second-order valence-electron chi connectivity index (χ2n) is 4.66. The molecule has 0 heterocycles. The van der Waals surface area contributed by atoms with Gasteiger partial charge < -0.3 is 15.2 Å². The lowest BCUT2D eigenvalue weighted by Gasteiger charge is -2.07. The highest BCUT2D eigenvalue weighted by molar-refractivity contribution is 5.97. The molecule has 0 unspecified atom stereocenters. The van der Waals surface area contributed by atoms with Crippen LogP contribution in [0.1, 0.15) is 29.3 Å². The Morgan fingerprint density at radius 2 is 2.21 bits per heavy atom. The van der Waals surface area contributed by atoms with Crippen LogP contribution in [0.15, 0.2) is 18.2 Å². The number of benzene rings is 1. The number of hydrogen-bond acceptors (Lipinski definition) is 3. The molecule has 1 aliphatic rings. The van der Waals surface area contributed by atoms with Gasteiger partial charge in [-0.2, -0.15) is 0 Å². The molecule has 5 heteroatoms. The highest BCUT2D eigenvalue weighted by Gasteiger charge is 2.43. The average Bonchev–Trinajstić information content (AvgIpc) is 3.11. The van der Waals surface area contributed by atoms with E-state index in [4.69, 9.17) is 9.84 Å². The fourth-order valence-corrected chi connectivity index (χ4v) is 2.01. The van der Waals surface area contributed by atoms with Gasteiger partial charge in [0.2, 0.25) is 5.91 Å². The first-order valence-electron chi connectivity index (χ1n) is 6.29. The molecule has 1 aromatic carbocycles. The van der Waals surface area contributed by atoms with Crippen molar-refractivity contribution in [3.63, 3.8) is 0 Å². The number of aromatic carboxylic acids is 1. The predicted molar refractivity (Wildman–Crippen MR) is 70.3 cm³/mol. The second kappa shape index (κ2) is 5.40. The van der Waals surface area contributed by atoms with Gasteiger partial charge in [-0.3, -0.25) is 4.79 Å². The van der Waals surface area contributed by atoms with Crippen molar-refractivity contribution < 1.29 is 19.4 Å². The van der Waals surface area contributed by atoms with Gasteiger partial charge >= 0.3 is 5.97 Å². The van der Waals surface area contributed by atoms with Gasteiger partial charge in [0.05, 0.1) is 17.6 Å². The number of rotatable bonds is 5. The standard InChI is InChI=1S/C14H17NO4/c1-3-19-12-7-11(12)13(16)15-9-5-4-8(2)10(6-9)14(17)18/h4-6,11-12H,3,7H2,1-2H3,(H,15,16)(H,17,18)/t11-,12+/m0/s1. The molecule has 102 valence electrons. The van der Waals surface area contributed by atoms with Crippen LogP contribution in [-0.2, 0) is 9.53 Å². The largest absolute Gasteiger partial charge is 0.478 e. The Bertz CT molecular complexity index is 512. The summed E-state index contributed by atoms with van der Waals surface area (Å²) in [5.74, 6) is -1.22. The summed E-state index contributed by atoms with van der Waals surface area (Å²) in [4.78, 5) is 22.9. The SMILES string of the molecule is CCO[C@@H]1C[C@@H]1C(=O)Nc1ccc(C)c(C(=O)O)c1. The van der Waals surface area contributed by atoms with Gasteiger partial charge in [0.25, 0.3) is 0 Å². The number of carbonyl (C=O) groups excluding carboxylic acids is 1. The molecule has 1 fully saturated rings. The molecule has 0 aliphatic heterocycles. The first-order valence-corrected chi connectivity index (χ1v) is 6.29. The molecule has 5 nitrogen and oxygen atoms in total. The summed E-state index contributed by atoms with van der Waals surface area (Å²) in [5.41, 5.74) is 1.38. The van der Waals surface area contributed by atoms with Crippen LogP contribution in [0.3, 0.4) is 0 Å². The minimum Gasteiger partial charge on any atom is -0.478 e.